The molecule has 30 heavy (non-hydrogen) atoms. The van der Waals surface area contributed by atoms with Crippen molar-refractivity contribution in [1.82, 2.24) is 24.9 Å². The molecular weight excluding hydrogens is 389 g/mol. The third-order valence-electron chi connectivity index (χ3n) is 4.92. The molecule has 0 fully saturated rings. The standard InChI is InChI=1S/C21H26FN5O3/c1-3-5-11-26(4-2)12-10-23-17(28)13-27-14-24-20-18(21(27)29)19(25-30-20)15-6-8-16(22)9-7-15/h6-9,14H,3-5,10-13H2,1-2H3,(H,23,28). The van der Waals surface area contributed by atoms with Crippen molar-refractivity contribution >= 4 is 17.0 Å². The van der Waals surface area contributed by atoms with Gasteiger partial charge in [-0.2, -0.15) is 0 Å². The Labute approximate surface area is 173 Å². The summed E-state index contributed by atoms with van der Waals surface area (Å²) in [5, 5.41) is 6.91. The molecule has 0 atom stereocenters. The monoisotopic (exact) mass is 415 g/mol. The lowest BCUT2D eigenvalue weighted by molar-refractivity contribution is -0.121. The summed E-state index contributed by atoms with van der Waals surface area (Å²) in [4.78, 5) is 31.6. The van der Waals surface area contributed by atoms with Gasteiger partial charge in [-0.05, 0) is 43.8 Å². The fourth-order valence-corrected chi connectivity index (χ4v) is 3.17. The van der Waals surface area contributed by atoms with E-state index in [4.69, 9.17) is 4.52 Å². The zero-order valence-corrected chi connectivity index (χ0v) is 17.2. The van der Waals surface area contributed by atoms with Crippen LogP contribution in [0.25, 0.3) is 22.4 Å². The molecule has 2 aromatic heterocycles. The highest BCUT2D eigenvalue weighted by atomic mass is 19.1. The highest BCUT2D eigenvalue weighted by molar-refractivity contribution is 5.88. The summed E-state index contributed by atoms with van der Waals surface area (Å²) in [6.45, 7) is 7.28. The number of aromatic nitrogens is 3. The van der Waals surface area contributed by atoms with E-state index in [9.17, 15) is 14.0 Å². The number of hydrogen-bond acceptors (Lipinski definition) is 6. The lowest BCUT2D eigenvalue weighted by atomic mass is 10.1. The van der Waals surface area contributed by atoms with Gasteiger partial charge in [0.1, 0.15) is 29.8 Å². The van der Waals surface area contributed by atoms with Crippen LogP contribution >= 0.6 is 0 Å². The minimum Gasteiger partial charge on any atom is -0.353 e. The van der Waals surface area contributed by atoms with Gasteiger partial charge < -0.3 is 14.7 Å². The highest BCUT2D eigenvalue weighted by Gasteiger charge is 2.18. The Kier molecular flexibility index (Phi) is 7.29. The quantitative estimate of drug-likeness (QED) is 0.547. The second kappa shape index (κ2) is 10.1. The number of nitrogens with one attached hydrogen (secondary N) is 1. The normalized spacial score (nSPS) is 11.3. The SMILES string of the molecule is CCCCN(CC)CCNC(=O)Cn1cnc2onc(-c3ccc(F)cc3)c2c1=O. The van der Waals surface area contributed by atoms with E-state index in [1.54, 1.807) is 0 Å². The first-order valence-corrected chi connectivity index (χ1v) is 10.1. The van der Waals surface area contributed by atoms with E-state index in [-0.39, 0.29) is 29.2 Å². The van der Waals surface area contributed by atoms with E-state index in [1.165, 1.54) is 35.2 Å². The van der Waals surface area contributed by atoms with E-state index in [1.807, 2.05) is 0 Å². The van der Waals surface area contributed by atoms with Crippen LogP contribution in [0.1, 0.15) is 26.7 Å². The number of likely N-dealkylation sites (N-methyl/N-ethyl adjacent to an activating group) is 1. The molecule has 0 aliphatic rings. The largest absolute Gasteiger partial charge is 0.353 e. The summed E-state index contributed by atoms with van der Waals surface area (Å²) < 4.78 is 19.5. The number of fused-ring (bicyclic) bond motifs is 1. The number of nitrogens with zero attached hydrogens (tertiary/aromatic N) is 4. The number of carbonyl (C=O) groups is 1. The fourth-order valence-electron chi connectivity index (χ4n) is 3.17. The molecule has 9 heteroatoms. The predicted molar refractivity (Wildman–Crippen MR) is 111 cm³/mol. The summed E-state index contributed by atoms with van der Waals surface area (Å²) in [6, 6.07) is 5.57. The van der Waals surface area contributed by atoms with Crippen molar-refractivity contribution in [3.63, 3.8) is 0 Å². The number of unbranched alkanes of at least 4 members (excludes halogenated alkanes) is 1. The average molecular weight is 415 g/mol. The molecule has 1 N–H and O–H groups in total. The van der Waals surface area contributed by atoms with Crippen molar-refractivity contribution < 1.29 is 13.7 Å². The van der Waals surface area contributed by atoms with Gasteiger partial charge in [-0.15, -0.1) is 0 Å². The van der Waals surface area contributed by atoms with Crippen molar-refractivity contribution in [2.75, 3.05) is 26.2 Å². The van der Waals surface area contributed by atoms with Crippen LogP contribution in [0.2, 0.25) is 0 Å². The Balaban J connectivity index is 1.70. The van der Waals surface area contributed by atoms with Gasteiger partial charge in [0.2, 0.25) is 5.91 Å². The molecule has 0 aliphatic carbocycles. The molecule has 0 spiro atoms. The van der Waals surface area contributed by atoms with Crippen LogP contribution in [0.5, 0.6) is 0 Å². The van der Waals surface area contributed by atoms with Crippen LogP contribution in [0, 0.1) is 5.82 Å². The molecule has 8 nitrogen and oxygen atoms in total. The van der Waals surface area contributed by atoms with E-state index in [2.05, 4.69) is 34.2 Å². The van der Waals surface area contributed by atoms with E-state index in [0.29, 0.717) is 12.1 Å². The Morgan fingerprint density at radius 1 is 1.23 bits per heavy atom. The molecule has 3 aromatic rings. The molecule has 0 saturated heterocycles. The first-order valence-electron chi connectivity index (χ1n) is 10.1. The molecule has 0 unspecified atom stereocenters. The molecule has 0 aliphatic heterocycles. The van der Waals surface area contributed by atoms with Crippen molar-refractivity contribution in [2.45, 2.75) is 33.2 Å². The summed E-state index contributed by atoms with van der Waals surface area (Å²) in [7, 11) is 0. The molecule has 3 rings (SSSR count). The molecule has 1 amide bonds. The molecule has 1 aromatic carbocycles. The zero-order valence-electron chi connectivity index (χ0n) is 17.2. The third-order valence-corrected chi connectivity index (χ3v) is 4.92. The first-order chi connectivity index (χ1) is 14.5. The average Bonchev–Trinajstić information content (AvgIpc) is 3.18. The van der Waals surface area contributed by atoms with E-state index in [0.717, 1.165) is 32.5 Å². The minimum atomic E-state index is -0.436. The second-order valence-corrected chi connectivity index (χ2v) is 7.03. The lowest BCUT2D eigenvalue weighted by Gasteiger charge is -2.20. The Hall–Kier alpha value is -3.07. The van der Waals surface area contributed by atoms with Crippen LogP contribution in [-0.2, 0) is 11.3 Å². The molecule has 0 radical (unpaired) electrons. The number of amides is 1. The van der Waals surface area contributed by atoms with Crippen LogP contribution in [0.4, 0.5) is 4.39 Å². The Bertz CT molecular complexity index is 1040. The summed E-state index contributed by atoms with van der Waals surface area (Å²) in [6.07, 6.45) is 3.52. The van der Waals surface area contributed by atoms with Gasteiger partial charge in [0.25, 0.3) is 11.3 Å². The van der Waals surface area contributed by atoms with Crippen LogP contribution in [-0.4, -0.2) is 51.7 Å². The van der Waals surface area contributed by atoms with Gasteiger partial charge in [0.05, 0.1) is 0 Å². The molecule has 0 saturated carbocycles. The second-order valence-electron chi connectivity index (χ2n) is 7.03. The maximum absolute atomic E-state index is 13.2. The highest BCUT2D eigenvalue weighted by Crippen LogP contribution is 2.24. The maximum atomic E-state index is 13.2. The van der Waals surface area contributed by atoms with Crippen molar-refractivity contribution in [2.24, 2.45) is 0 Å². The van der Waals surface area contributed by atoms with Gasteiger partial charge in [0, 0.05) is 18.7 Å². The van der Waals surface area contributed by atoms with Crippen molar-refractivity contribution in [3.05, 3.63) is 46.8 Å². The van der Waals surface area contributed by atoms with Crippen molar-refractivity contribution in [1.29, 1.82) is 0 Å². The Morgan fingerprint density at radius 2 is 2.00 bits per heavy atom. The van der Waals surface area contributed by atoms with Gasteiger partial charge in [-0.25, -0.2) is 9.37 Å². The fraction of sp³-hybridized carbons (Fsp3) is 0.429. The van der Waals surface area contributed by atoms with Gasteiger partial charge in [0.15, 0.2) is 0 Å². The first kappa shape index (κ1) is 21.6. The molecule has 160 valence electrons. The van der Waals surface area contributed by atoms with E-state index >= 15 is 0 Å². The maximum Gasteiger partial charge on any atom is 0.267 e. The number of halogens is 1. The van der Waals surface area contributed by atoms with Gasteiger partial charge in [-0.1, -0.05) is 25.4 Å². The van der Waals surface area contributed by atoms with Crippen molar-refractivity contribution in [3.8, 4) is 11.3 Å². The Morgan fingerprint density at radius 3 is 2.70 bits per heavy atom. The minimum absolute atomic E-state index is 0.0745. The summed E-state index contributed by atoms with van der Waals surface area (Å²) in [5.41, 5.74) is 0.439. The summed E-state index contributed by atoms with van der Waals surface area (Å²) >= 11 is 0. The topological polar surface area (TPSA) is 93.3 Å². The zero-order chi connectivity index (χ0) is 21.5. The number of hydrogen-bond donors (Lipinski definition) is 1. The summed E-state index contributed by atoms with van der Waals surface area (Å²) in [5.74, 6) is -0.667. The van der Waals surface area contributed by atoms with Crippen LogP contribution in [0.15, 0.2) is 39.9 Å². The molecule has 2 heterocycles. The number of carbonyl (C=O) groups excluding carboxylic acids is 1. The third kappa shape index (κ3) is 5.10. The molecular formula is C21H26FN5O3. The number of rotatable bonds is 10. The predicted octanol–water partition coefficient (Wildman–Crippen LogP) is 2.43. The number of benzene rings is 1. The van der Waals surface area contributed by atoms with Gasteiger partial charge in [-0.3, -0.25) is 14.2 Å². The van der Waals surface area contributed by atoms with Gasteiger partial charge >= 0.3 is 0 Å². The van der Waals surface area contributed by atoms with E-state index < -0.39 is 11.4 Å². The lowest BCUT2D eigenvalue weighted by Crippen LogP contribution is -2.38. The van der Waals surface area contributed by atoms with Crippen LogP contribution in [0.3, 0.4) is 0 Å². The smallest absolute Gasteiger partial charge is 0.267 e. The molecule has 0 bridgehead atoms. The van der Waals surface area contributed by atoms with Crippen LogP contribution < -0.4 is 10.9 Å².